The molecule has 0 unspecified atom stereocenters. The van der Waals surface area contributed by atoms with E-state index in [-0.39, 0.29) is 0 Å². The van der Waals surface area contributed by atoms with Crippen molar-refractivity contribution >= 4 is 17.8 Å². The normalized spacial score (nSPS) is 48.7. The molecule has 0 aromatic rings. The van der Waals surface area contributed by atoms with E-state index < -0.39 is 340 Å². The number of amides is 1. The number of carbonyl (C=O) groups is 3. The van der Waals surface area contributed by atoms with Crippen molar-refractivity contribution in [1.82, 2.24) is 5.32 Å². The molecule has 0 spiro atoms. The minimum Gasteiger partial charge on any atom is -0.477 e. The summed E-state index contributed by atoms with van der Waals surface area (Å²) in [6, 6.07) is -2.04. The highest BCUT2D eigenvalue weighted by Gasteiger charge is 2.65. The summed E-state index contributed by atoms with van der Waals surface area (Å²) in [5, 5.41) is 321. The number of nitrogens with one attached hydrogen (secondary N) is 1. The van der Waals surface area contributed by atoms with Gasteiger partial charge in [0.05, 0.1) is 65.1 Å². The predicted molar refractivity (Wildman–Crippen MR) is 310 cm³/mol. The third-order valence-electron chi connectivity index (χ3n) is 18.9. The van der Waals surface area contributed by atoms with Gasteiger partial charge in [-0.1, -0.05) is 0 Å². The fourth-order valence-electron chi connectivity index (χ4n) is 13.2. The van der Waals surface area contributed by atoms with Crippen LogP contribution in [0.25, 0.3) is 0 Å². The zero-order valence-electron chi connectivity index (χ0n) is 54.5. The van der Waals surface area contributed by atoms with Crippen LogP contribution in [0.4, 0.5) is 0 Å². The Balaban J connectivity index is 1.31. The van der Waals surface area contributed by atoms with Gasteiger partial charge in [0.25, 0.3) is 11.6 Å². The van der Waals surface area contributed by atoms with E-state index in [0.717, 1.165) is 6.92 Å². The van der Waals surface area contributed by atoms with Gasteiger partial charge in [-0.15, -0.1) is 0 Å². The summed E-state index contributed by atoms with van der Waals surface area (Å²) < 4.78 is 88.2. The number of carboxylic acids is 2. The molecule has 0 aromatic heterocycles. The monoisotopic (exact) mass is 1530 g/mol. The van der Waals surface area contributed by atoms with Crippen molar-refractivity contribution in [2.45, 2.75) is 277 Å². The number of hydrogen-bond donors (Lipinski definition) is 30. The van der Waals surface area contributed by atoms with Crippen LogP contribution in [0.2, 0.25) is 0 Å². The summed E-state index contributed by atoms with van der Waals surface area (Å²) in [6.45, 7) is -9.58. The summed E-state index contributed by atoms with van der Waals surface area (Å²) in [7, 11) is 0. The first-order valence-corrected chi connectivity index (χ1v) is 32.4. The quantitative estimate of drug-likeness (QED) is 0.0331. The molecule has 48 nitrogen and oxygen atoms in total. The van der Waals surface area contributed by atoms with E-state index in [0.29, 0.717) is 0 Å². The molecular formula is C56H93NO47. The lowest BCUT2D eigenvalue weighted by atomic mass is 9.89. The zero-order chi connectivity index (χ0) is 77.2. The topological polar surface area (TPSA) is 788 Å². The van der Waals surface area contributed by atoms with Crippen LogP contribution in [0.15, 0.2) is 0 Å². The van der Waals surface area contributed by atoms with E-state index >= 15 is 0 Å². The van der Waals surface area contributed by atoms with Crippen LogP contribution in [0.1, 0.15) is 19.8 Å². The Kier molecular flexibility index (Phi) is 30.1. The van der Waals surface area contributed by atoms with E-state index in [1.54, 1.807) is 0 Å². The first-order chi connectivity index (χ1) is 48.9. The first kappa shape index (κ1) is 86.3. The second-order valence-electron chi connectivity index (χ2n) is 26.0. The van der Waals surface area contributed by atoms with Crippen LogP contribution in [0.5, 0.6) is 0 Å². The molecule has 0 aliphatic carbocycles. The molecule has 8 aliphatic heterocycles. The molecule has 42 atom stereocenters. The fourth-order valence-corrected chi connectivity index (χ4v) is 13.2. The SMILES string of the molecule is CC(=O)N[C@H]1[C@@H](O[C@@H]2[C@@H](O[C@@H]3[C@H](O)[C@@H](O[C@H]4[C@@H]([C@H](O)CO)O[C@@](O)(C(=O)O)C[C@H]4O[C@]4(C(=O)O)C[C@@H](O)[C@@H](O)[C@@H]([C@H](O)CO)O4)O[C@H]([C@@H](O)CO)[C@H]3O[C@@H]3O[C@H](CO)[C@@H](O[C@@H]4O[C@H](CO)[C@H](O)[C@H](O)[C@H]4O)[C@H](O)[C@H]3O)O[C@H]([C@@H](O)CO)[C@@H](O)[C@@H]2O[C@H]2O[C@H](CO)[C@@H](O)[C@H](O)[C@H]2O)O[C@H](CO)[C@@H](O)[C@@H]1O. The lowest BCUT2D eigenvalue weighted by molar-refractivity contribution is -0.424. The number of hydrogen-bond acceptors (Lipinski definition) is 45. The summed E-state index contributed by atoms with van der Waals surface area (Å²) in [5.41, 5.74) is 0. The maximum absolute atomic E-state index is 13.4. The molecule has 0 saturated carbocycles. The van der Waals surface area contributed by atoms with E-state index in [1.807, 2.05) is 0 Å². The van der Waals surface area contributed by atoms with Crippen molar-refractivity contribution in [2.75, 3.05) is 52.9 Å². The molecule has 0 radical (unpaired) electrons. The molecule has 8 rings (SSSR count). The number of aliphatic carboxylic acids is 2. The van der Waals surface area contributed by atoms with Gasteiger partial charge in [-0.3, -0.25) is 4.79 Å². The van der Waals surface area contributed by atoms with Gasteiger partial charge in [-0.25, -0.2) is 9.59 Å². The maximum Gasteiger partial charge on any atom is 0.364 e. The number of carbonyl (C=O) groups excluding carboxylic acids is 1. The smallest absolute Gasteiger partial charge is 0.364 e. The molecule has 0 aromatic carbocycles. The fraction of sp³-hybridized carbons (Fsp3) is 0.946. The highest BCUT2D eigenvalue weighted by atomic mass is 16.8. The van der Waals surface area contributed by atoms with Crippen molar-refractivity contribution < 1.29 is 234 Å². The Morgan fingerprint density at radius 1 is 0.385 bits per heavy atom. The first-order valence-electron chi connectivity index (χ1n) is 32.4. The summed E-state index contributed by atoms with van der Waals surface area (Å²) >= 11 is 0. The Morgan fingerprint density at radius 3 is 1.29 bits per heavy atom. The molecule has 1 amide bonds. The number of carboxylic acid groups (broad SMARTS) is 2. The lowest BCUT2D eigenvalue weighted by Crippen LogP contribution is -2.72. The van der Waals surface area contributed by atoms with Gasteiger partial charge < -0.3 is 224 Å². The summed E-state index contributed by atoms with van der Waals surface area (Å²) in [4.78, 5) is 39.1. The van der Waals surface area contributed by atoms with Crippen molar-refractivity contribution in [3.8, 4) is 0 Å². The Labute approximate surface area is 585 Å². The van der Waals surface area contributed by atoms with Gasteiger partial charge >= 0.3 is 11.9 Å². The number of rotatable bonds is 29. The van der Waals surface area contributed by atoms with Gasteiger partial charge in [0.1, 0.15) is 195 Å². The molecule has 0 bridgehead atoms. The third kappa shape index (κ3) is 17.9. The van der Waals surface area contributed by atoms with Crippen molar-refractivity contribution in [3.63, 3.8) is 0 Å². The average Bonchev–Trinajstić information content (AvgIpc) is 0.746. The van der Waals surface area contributed by atoms with E-state index in [1.165, 1.54) is 0 Å². The predicted octanol–water partition coefficient (Wildman–Crippen LogP) is -19.9. The molecule has 30 N–H and O–H groups in total. The van der Waals surface area contributed by atoms with Crippen LogP contribution in [0, 0.1) is 0 Å². The van der Waals surface area contributed by atoms with Crippen molar-refractivity contribution in [1.29, 1.82) is 0 Å². The lowest BCUT2D eigenvalue weighted by Gasteiger charge is -2.53. The van der Waals surface area contributed by atoms with Crippen LogP contribution < -0.4 is 5.32 Å². The minimum atomic E-state index is -3.70. The highest BCUT2D eigenvalue weighted by molar-refractivity contribution is 5.77. The molecule has 8 saturated heterocycles. The van der Waals surface area contributed by atoms with E-state index in [4.69, 9.17) is 71.1 Å². The number of aliphatic hydroxyl groups excluding tert-OH is 26. The largest absolute Gasteiger partial charge is 0.477 e. The highest BCUT2D eigenvalue weighted by Crippen LogP contribution is 2.44. The van der Waals surface area contributed by atoms with Crippen molar-refractivity contribution in [2.24, 2.45) is 0 Å². The van der Waals surface area contributed by atoms with Gasteiger partial charge in [0.15, 0.2) is 37.7 Å². The van der Waals surface area contributed by atoms with Crippen LogP contribution >= 0.6 is 0 Å². The van der Waals surface area contributed by atoms with Crippen LogP contribution in [0.3, 0.4) is 0 Å². The average molecular weight is 1530 g/mol. The van der Waals surface area contributed by atoms with Crippen LogP contribution in [-0.4, -0.2) is 476 Å². The van der Waals surface area contributed by atoms with Gasteiger partial charge in [0.2, 0.25) is 5.91 Å². The minimum absolute atomic E-state index is 0.875. The van der Waals surface area contributed by atoms with Gasteiger partial charge in [-0.2, -0.15) is 0 Å². The second-order valence-corrected chi connectivity index (χ2v) is 26.0. The Hall–Kier alpha value is -3.27. The van der Waals surface area contributed by atoms with Crippen molar-refractivity contribution in [3.05, 3.63) is 0 Å². The summed E-state index contributed by atoms with van der Waals surface area (Å²) in [6.07, 6.45) is -96.4. The van der Waals surface area contributed by atoms with E-state index in [9.17, 15) is 162 Å². The Morgan fingerprint density at radius 2 is 0.788 bits per heavy atom. The standard InChI is InChI=1S/C56H93NO47/c1-12(66)57-23-28(76)25(73)19(8-62)90-47(23)101-46-43(98-49-33(81)30(78)27(75)21(10-64)92-49)35(83)37(14(68)4-58)94-52(46)99-44-36(84)51(95-39(16(70)6-60)45(44)100-50-34(82)31(79)41(22(11-65)93-50)96-48-32(80)29(77)26(74)20(9-63)91-48)97-42-18(3-55(89,53(85)86)103-40(42)17(71)7-61)102-56(54(87)88)2-13(67)24(72)38(104-56)15(69)5-59/h13-52,58-65,67-84,89H,2-11H2,1H3,(H,57,66)(H,85,86)(H,87,88)/t13-,14+,15-,16+,17-,18-,19-,20-,21-,22-,23-,24-,25-,26+,27-,28-,29+,30+,31-,32-,33-,34-,35-,36+,37-,38-,39-,40-,41-,42-,43+,44-,45-,46+,47-,48+,49-,50+,51-,52-,55-,56-/m1/s1. The second kappa shape index (κ2) is 36.3. The van der Waals surface area contributed by atoms with E-state index in [2.05, 4.69) is 5.32 Å². The number of aliphatic hydroxyl groups is 27. The molecule has 8 fully saturated rings. The Bertz CT molecular complexity index is 2720. The van der Waals surface area contributed by atoms with Gasteiger partial charge in [0, 0.05) is 19.8 Å². The molecular weight excluding hydrogens is 1440 g/mol. The van der Waals surface area contributed by atoms with Crippen LogP contribution in [-0.2, 0) is 85.4 Å². The molecule has 8 aliphatic rings. The number of ether oxygens (including phenoxy) is 15. The summed E-state index contributed by atoms with van der Waals surface area (Å²) in [5.74, 6) is -12.9. The molecule has 604 valence electrons. The third-order valence-corrected chi connectivity index (χ3v) is 18.9. The maximum atomic E-state index is 13.4. The van der Waals surface area contributed by atoms with Gasteiger partial charge in [-0.05, 0) is 0 Å². The molecule has 8 heterocycles. The molecule has 104 heavy (non-hydrogen) atoms. The molecule has 48 heteroatoms. The zero-order valence-corrected chi connectivity index (χ0v) is 54.5.